The van der Waals surface area contributed by atoms with Crippen LogP contribution in [0.5, 0.6) is 0 Å². The lowest BCUT2D eigenvalue weighted by Gasteiger charge is -2.11. The fourth-order valence-electron chi connectivity index (χ4n) is 3.60. The molecule has 0 atom stereocenters. The van der Waals surface area contributed by atoms with Crippen LogP contribution in [0.15, 0.2) is 72.8 Å². The van der Waals surface area contributed by atoms with E-state index >= 15 is 0 Å². The molecule has 0 unspecified atom stereocenters. The molecule has 0 spiro atoms. The molecule has 2 N–H and O–H groups in total. The highest BCUT2D eigenvalue weighted by Gasteiger charge is 2.15. The maximum atomic E-state index is 13.9. The van der Waals surface area contributed by atoms with Crippen LogP contribution in [0.2, 0.25) is 0 Å². The molecule has 6 nitrogen and oxygen atoms in total. The van der Waals surface area contributed by atoms with Crippen molar-refractivity contribution in [1.29, 1.82) is 0 Å². The molecule has 0 fully saturated rings. The lowest BCUT2D eigenvalue weighted by atomic mass is 10.1. The van der Waals surface area contributed by atoms with Crippen molar-refractivity contribution in [2.24, 2.45) is 0 Å². The molecule has 0 bridgehead atoms. The van der Waals surface area contributed by atoms with E-state index in [4.69, 9.17) is 0 Å². The molecule has 0 aliphatic carbocycles. The second-order valence-electron chi connectivity index (χ2n) is 7.45. The van der Waals surface area contributed by atoms with Gasteiger partial charge in [0.15, 0.2) is 0 Å². The van der Waals surface area contributed by atoms with Gasteiger partial charge in [0.1, 0.15) is 18.2 Å². The van der Waals surface area contributed by atoms with E-state index in [2.05, 4.69) is 15.6 Å². The van der Waals surface area contributed by atoms with Crippen LogP contribution < -0.4 is 10.6 Å². The number of amides is 2. The van der Waals surface area contributed by atoms with Crippen LogP contribution in [-0.4, -0.2) is 27.9 Å². The van der Waals surface area contributed by atoms with E-state index in [9.17, 15) is 14.0 Å². The number of rotatable bonds is 7. The zero-order chi connectivity index (χ0) is 22.5. The summed E-state index contributed by atoms with van der Waals surface area (Å²) in [6.07, 6.45) is 0.444. The minimum Gasteiger partial charge on any atom is -0.352 e. The third-order valence-electron chi connectivity index (χ3n) is 5.21. The summed E-state index contributed by atoms with van der Waals surface area (Å²) in [5.74, 6) is -0.332. The number of nitrogens with zero attached hydrogens (tertiary/aromatic N) is 2. The van der Waals surface area contributed by atoms with Crippen LogP contribution >= 0.6 is 0 Å². The molecule has 7 heteroatoms. The molecule has 1 aromatic heterocycles. The fourth-order valence-corrected chi connectivity index (χ4v) is 3.60. The van der Waals surface area contributed by atoms with Gasteiger partial charge < -0.3 is 15.2 Å². The molecule has 4 rings (SSSR count). The van der Waals surface area contributed by atoms with E-state index in [1.54, 1.807) is 22.8 Å². The molecular formula is C25H23FN4O2. The summed E-state index contributed by atoms with van der Waals surface area (Å²) >= 11 is 0. The number of imidazole rings is 1. The average molecular weight is 430 g/mol. The van der Waals surface area contributed by atoms with Crippen LogP contribution in [0.3, 0.4) is 0 Å². The Balaban J connectivity index is 1.49. The Morgan fingerprint density at radius 1 is 0.969 bits per heavy atom. The van der Waals surface area contributed by atoms with Gasteiger partial charge in [0.25, 0.3) is 5.91 Å². The van der Waals surface area contributed by atoms with Crippen molar-refractivity contribution >= 4 is 28.5 Å². The number of para-hydroxylation sites is 3. The Bertz CT molecular complexity index is 1280. The first-order chi connectivity index (χ1) is 15.5. The van der Waals surface area contributed by atoms with Gasteiger partial charge in [-0.1, -0.05) is 42.5 Å². The maximum Gasteiger partial charge on any atom is 0.251 e. The minimum absolute atomic E-state index is 0.0179. The van der Waals surface area contributed by atoms with E-state index in [-0.39, 0.29) is 24.0 Å². The molecule has 3 aromatic carbocycles. The first-order valence-electron chi connectivity index (χ1n) is 10.4. The van der Waals surface area contributed by atoms with Gasteiger partial charge in [-0.3, -0.25) is 9.59 Å². The van der Waals surface area contributed by atoms with Crippen molar-refractivity contribution < 1.29 is 14.0 Å². The minimum atomic E-state index is -0.490. The standard InChI is InChI=1S/C25H23FN4O2/c1-17-8-2-3-9-18(17)25(32)27-15-14-23-28-21-12-6-7-13-22(21)30(23)16-24(31)29-20-11-5-4-10-19(20)26/h2-13H,14-16H2,1H3,(H,27,32)(H,29,31). The lowest BCUT2D eigenvalue weighted by molar-refractivity contribution is -0.116. The number of aromatic nitrogens is 2. The van der Waals surface area contributed by atoms with E-state index in [1.165, 1.54) is 12.1 Å². The zero-order valence-electron chi connectivity index (χ0n) is 17.6. The van der Waals surface area contributed by atoms with Crippen molar-refractivity contribution in [2.75, 3.05) is 11.9 Å². The number of benzene rings is 3. The predicted molar refractivity (Wildman–Crippen MR) is 122 cm³/mol. The highest BCUT2D eigenvalue weighted by atomic mass is 19.1. The van der Waals surface area contributed by atoms with Gasteiger partial charge >= 0.3 is 0 Å². The number of hydrogen-bond acceptors (Lipinski definition) is 3. The number of anilines is 1. The fraction of sp³-hybridized carbons (Fsp3) is 0.160. The molecule has 4 aromatic rings. The number of carbonyl (C=O) groups excluding carboxylic acids is 2. The third kappa shape index (κ3) is 4.67. The topological polar surface area (TPSA) is 76.0 Å². The van der Waals surface area contributed by atoms with Gasteiger partial charge in [0.05, 0.1) is 16.7 Å². The largest absolute Gasteiger partial charge is 0.352 e. The number of hydrogen-bond donors (Lipinski definition) is 2. The lowest BCUT2D eigenvalue weighted by Crippen LogP contribution is -2.27. The first kappa shape index (κ1) is 21.2. The molecule has 2 amide bonds. The van der Waals surface area contributed by atoms with E-state index in [1.807, 2.05) is 49.4 Å². The van der Waals surface area contributed by atoms with Crippen molar-refractivity contribution in [3.63, 3.8) is 0 Å². The van der Waals surface area contributed by atoms with E-state index in [0.717, 1.165) is 16.6 Å². The third-order valence-corrected chi connectivity index (χ3v) is 5.21. The number of carbonyl (C=O) groups is 2. The predicted octanol–water partition coefficient (Wildman–Crippen LogP) is 4.10. The van der Waals surface area contributed by atoms with Crippen molar-refractivity contribution in [3.8, 4) is 0 Å². The van der Waals surface area contributed by atoms with Gasteiger partial charge in [-0.25, -0.2) is 9.37 Å². The van der Waals surface area contributed by atoms with Crippen LogP contribution in [0.25, 0.3) is 11.0 Å². The summed E-state index contributed by atoms with van der Waals surface area (Å²) in [6.45, 7) is 2.24. The van der Waals surface area contributed by atoms with Gasteiger partial charge in [0.2, 0.25) is 5.91 Å². The van der Waals surface area contributed by atoms with Crippen LogP contribution in [-0.2, 0) is 17.8 Å². The molecule has 0 aliphatic rings. The number of halogens is 1. The Morgan fingerprint density at radius 2 is 1.69 bits per heavy atom. The normalized spacial score (nSPS) is 10.8. The van der Waals surface area contributed by atoms with Crippen LogP contribution in [0, 0.1) is 12.7 Å². The monoisotopic (exact) mass is 430 g/mol. The van der Waals surface area contributed by atoms with Crippen molar-refractivity contribution in [1.82, 2.24) is 14.9 Å². The first-order valence-corrected chi connectivity index (χ1v) is 10.4. The summed E-state index contributed by atoms with van der Waals surface area (Å²) < 4.78 is 15.7. The second-order valence-corrected chi connectivity index (χ2v) is 7.45. The molecule has 0 aliphatic heterocycles. The van der Waals surface area contributed by atoms with Crippen LogP contribution in [0.4, 0.5) is 10.1 Å². The average Bonchev–Trinajstić information content (AvgIpc) is 3.13. The Labute approximate surface area is 185 Å². The van der Waals surface area contributed by atoms with Crippen molar-refractivity contribution in [3.05, 3.63) is 95.6 Å². The molecule has 0 radical (unpaired) electrons. The summed E-state index contributed by atoms with van der Waals surface area (Å²) in [7, 11) is 0. The van der Waals surface area contributed by atoms with Gasteiger partial charge in [0, 0.05) is 18.5 Å². The van der Waals surface area contributed by atoms with Gasteiger partial charge in [-0.05, 0) is 42.8 Å². The molecule has 0 saturated carbocycles. The van der Waals surface area contributed by atoms with Gasteiger partial charge in [-0.15, -0.1) is 0 Å². The van der Waals surface area contributed by atoms with Crippen molar-refractivity contribution in [2.45, 2.75) is 19.9 Å². The smallest absolute Gasteiger partial charge is 0.251 e. The number of fused-ring (bicyclic) bond motifs is 1. The Morgan fingerprint density at radius 3 is 2.50 bits per heavy atom. The highest BCUT2D eigenvalue weighted by Crippen LogP contribution is 2.18. The Kier molecular flexibility index (Phi) is 6.26. The molecule has 32 heavy (non-hydrogen) atoms. The van der Waals surface area contributed by atoms with Crippen LogP contribution in [0.1, 0.15) is 21.7 Å². The molecule has 0 saturated heterocycles. The zero-order valence-corrected chi connectivity index (χ0v) is 17.6. The number of nitrogens with one attached hydrogen (secondary N) is 2. The molecule has 162 valence electrons. The number of aryl methyl sites for hydroxylation is 1. The highest BCUT2D eigenvalue weighted by molar-refractivity contribution is 5.95. The summed E-state index contributed by atoms with van der Waals surface area (Å²) in [5.41, 5.74) is 3.23. The summed E-state index contributed by atoms with van der Waals surface area (Å²) in [5, 5.41) is 5.53. The summed E-state index contributed by atoms with van der Waals surface area (Å²) in [6, 6.07) is 20.9. The Hall–Kier alpha value is -4.00. The summed E-state index contributed by atoms with van der Waals surface area (Å²) in [4.78, 5) is 29.8. The van der Waals surface area contributed by atoms with E-state index < -0.39 is 5.82 Å². The maximum absolute atomic E-state index is 13.9. The van der Waals surface area contributed by atoms with Gasteiger partial charge in [-0.2, -0.15) is 0 Å². The second kappa shape index (κ2) is 9.43. The SMILES string of the molecule is Cc1ccccc1C(=O)NCCc1nc2ccccc2n1CC(=O)Nc1ccccc1F. The molecule has 1 heterocycles. The quantitative estimate of drug-likeness (QED) is 0.464. The molecular weight excluding hydrogens is 407 g/mol. The van der Waals surface area contributed by atoms with E-state index in [0.29, 0.717) is 24.4 Å².